The molecule has 2 aliphatic rings. The van der Waals surface area contributed by atoms with Crippen LogP contribution in [-0.2, 0) is 4.79 Å². The zero-order chi connectivity index (χ0) is 27.2. The highest BCUT2D eigenvalue weighted by Crippen LogP contribution is 2.28. The van der Waals surface area contributed by atoms with Gasteiger partial charge in [-0.15, -0.1) is 0 Å². The SMILES string of the molecule is Cc1cn(-c2nccc3[nH]c(-c4n[nH]c5c4=N[C@@H](C)C(c4cncc(NC(=O)C6CCCC6)c4)=CC=5)nc23)cn1. The predicted molar refractivity (Wildman–Crippen MR) is 151 cm³/mol. The molecule has 200 valence electrons. The fourth-order valence-electron chi connectivity index (χ4n) is 5.53. The van der Waals surface area contributed by atoms with Crippen LogP contribution in [0, 0.1) is 12.8 Å². The molecule has 0 radical (unpaired) electrons. The van der Waals surface area contributed by atoms with Gasteiger partial charge in [-0.2, -0.15) is 5.10 Å². The maximum atomic E-state index is 12.7. The molecule has 3 N–H and O–H groups in total. The number of carbonyl (C=O) groups excluding carboxylic acids is 1. The maximum absolute atomic E-state index is 12.7. The fourth-order valence-corrected chi connectivity index (χ4v) is 5.53. The molecule has 1 saturated carbocycles. The van der Waals surface area contributed by atoms with Crippen molar-refractivity contribution in [3.05, 3.63) is 71.3 Å². The molecule has 11 nitrogen and oxygen atoms in total. The molecule has 6 heterocycles. The smallest absolute Gasteiger partial charge is 0.227 e. The number of amides is 1. The van der Waals surface area contributed by atoms with E-state index in [0.29, 0.717) is 23.0 Å². The Kier molecular flexibility index (Phi) is 5.84. The molecular formula is C29H28N10O. The predicted octanol–water partition coefficient (Wildman–Crippen LogP) is 3.25. The van der Waals surface area contributed by atoms with E-state index in [9.17, 15) is 4.79 Å². The summed E-state index contributed by atoms with van der Waals surface area (Å²) in [5.74, 6) is 1.46. The Balaban J connectivity index is 1.21. The number of carbonyl (C=O) groups is 1. The number of aryl methyl sites for hydroxylation is 1. The van der Waals surface area contributed by atoms with Crippen LogP contribution in [0.25, 0.3) is 40.0 Å². The topological polar surface area (TPSA) is 142 Å². The Labute approximate surface area is 229 Å². The zero-order valence-electron chi connectivity index (χ0n) is 22.2. The van der Waals surface area contributed by atoms with Gasteiger partial charge in [-0.3, -0.25) is 24.4 Å². The number of H-pyrrole nitrogens is 2. The van der Waals surface area contributed by atoms with E-state index in [4.69, 9.17) is 9.98 Å². The lowest BCUT2D eigenvalue weighted by Gasteiger charge is -2.14. The molecule has 1 atom stereocenters. The number of hydrogen-bond donors (Lipinski definition) is 3. The number of aromatic nitrogens is 8. The normalized spacial score (nSPS) is 17.1. The molecule has 1 aliphatic carbocycles. The third-order valence-electron chi connectivity index (χ3n) is 7.60. The molecule has 7 rings (SSSR count). The van der Waals surface area contributed by atoms with E-state index in [0.717, 1.165) is 64.3 Å². The van der Waals surface area contributed by atoms with Gasteiger partial charge in [0.15, 0.2) is 17.3 Å². The number of nitrogens with one attached hydrogen (secondary N) is 3. The van der Waals surface area contributed by atoms with Crippen LogP contribution in [0.4, 0.5) is 5.69 Å². The van der Waals surface area contributed by atoms with Gasteiger partial charge in [-0.05, 0) is 50.5 Å². The minimum atomic E-state index is -0.188. The highest BCUT2D eigenvalue weighted by molar-refractivity contribution is 5.93. The average molecular weight is 533 g/mol. The molecule has 1 amide bonds. The molecule has 0 unspecified atom stereocenters. The summed E-state index contributed by atoms with van der Waals surface area (Å²) < 4.78 is 1.86. The van der Waals surface area contributed by atoms with E-state index in [1.54, 1.807) is 24.9 Å². The molecule has 5 aromatic rings. The second-order valence-electron chi connectivity index (χ2n) is 10.4. The molecular weight excluding hydrogens is 504 g/mol. The van der Waals surface area contributed by atoms with Crippen molar-refractivity contribution in [1.29, 1.82) is 0 Å². The number of nitrogens with zero attached hydrogens (tertiary/aromatic N) is 7. The first kappa shape index (κ1) is 24.1. The molecule has 1 fully saturated rings. The van der Waals surface area contributed by atoms with Gasteiger partial charge in [0, 0.05) is 30.1 Å². The first-order chi connectivity index (χ1) is 19.5. The van der Waals surface area contributed by atoms with Crippen LogP contribution >= 0.6 is 0 Å². The van der Waals surface area contributed by atoms with Crippen molar-refractivity contribution in [2.45, 2.75) is 45.6 Å². The van der Waals surface area contributed by atoms with Crippen LogP contribution in [0.3, 0.4) is 0 Å². The lowest BCUT2D eigenvalue weighted by Crippen LogP contribution is -2.25. The van der Waals surface area contributed by atoms with Gasteiger partial charge in [0.25, 0.3) is 0 Å². The van der Waals surface area contributed by atoms with Gasteiger partial charge in [0.2, 0.25) is 5.91 Å². The number of aromatic amines is 2. The lowest BCUT2D eigenvalue weighted by atomic mass is 10.0. The molecule has 0 bridgehead atoms. The Bertz CT molecular complexity index is 1900. The van der Waals surface area contributed by atoms with E-state index in [1.165, 1.54) is 0 Å². The molecule has 11 heteroatoms. The first-order valence-electron chi connectivity index (χ1n) is 13.5. The summed E-state index contributed by atoms with van der Waals surface area (Å²) in [7, 11) is 0. The lowest BCUT2D eigenvalue weighted by molar-refractivity contribution is -0.119. The molecule has 0 saturated heterocycles. The standard InChI is InChI=1S/C29H28N10O/c1-16-14-39(15-32-16)28-25-22(9-10-31-28)35-27(36-25)26-24-23(37-38-26)8-7-21(17(2)33-24)19-11-20(13-30-12-19)34-29(40)18-5-3-4-6-18/h7-15,17-18,37H,3-6H2,1-2H3,(H,34,40)(H,35,36)/t17-/m0/s1. The van der Waals surface area contributed by atoms with Gasteiger partial charge in [0.05, 0.1) is 34.5 Å². The second kappa shape index (κ2) is 9.67. The van der Waals surface area contributed by atoms with Crippen molar-refractivity contribution in [3.63, 3.8) is 0 Å². The highest BCUT2D eigenvalue weighted by atomic mass is 16.1. The quantitative estimate of drug-likeness (QED) is 0.317. The van der Waals surface area contributed by atoms with Crippen LogP contribution in [0.2, 0.25) is 0 Å². The van der Waals surface area contributed by atoms with Crippen LogP contribution in [0.15, 0.2) is 54.3 Å². The maximum Gasteiger partial charge on any atom is 0.227 e. The van der Waals surface area contributed by atoms with Crippen molar-refractivity contribution in [2.24, 2.45) is 10.9 Å². The molecule has 5 aromatic heterocycles. The molecule has 0 aromatic carbocycles. The Hall–Kier alpha value is -4.93. The van der Waals surface area contributed by atoms with Crippen molar-refractivity contribution >= 4 is 34.3 Å². The van der Waals surface area contributed by atoms with E-state index in [-0.39, 0.29) is 17.9 Å². The minimum Gasteiger partial charge on any atom is -0.336 e. The summed E-state index contributed by atoms with van der Waals surface area (Å²) in [4.78, 5) is 39.2. The highest BCUT2D eigenvalue weighted by Gasteiger charge is 2.23. The average Bonchev–Trinajstić information content (AvgIpc) is 3.75. The van der Waals surface area contributed by atoms with Gasteiger partial charge in [-0.25, -0.2) is 15.0 Å². The number of pyridine rings is 2. The van der Waals surface area contributed by atoms with E-state index >= 15 is 0 Å². The van der Waals surface area contributed by atoms with Crippen molar-refractivity contribution in [3.8, 4) is 17.3 Å². The number of rotatable bonds is 5. The second-order valence-corrected chi connectivity index (χ2v) is 10.4. The first-order valence-corrected chi connectivity index (χ1v) is 13.5. The number of fused-ring (bicyclic) bond motifs is 2. The molecule has 40 heavy (non-hydrogen) atoms. The van der Waals surface area contributed by atoms with E-state index in [1.807, 2.05) is 48.9 Å². The number of allylic oxidation sites excluding steroid dienone is 1. The monoisotopic (exact) mass is 532 g/mol. The zero-order valence-corrected chi connectivity index (χ0v) is 22.2. The third kappa shape index (κ3) is 4.29. The molecule has 1 aliphatic heterocycles. The largest absolute Gasteiger partial charge is 0.336 e. The van der Waals surface area contributed by atoms with Crippen molar-refractivity contribution in [1.82, 2.24) is 39.7 Å². The summed E-state index contributed by atoms with van der Waals surface area (Å²) in [6.45, 7) is 3.98. The van der Waals surface area contributed by atoms with Gasteiger partial charge >= 0.3 is 0 Å². The van der Waals surface area contributed by atoms with Gasteiger partial charge < -0.3 is 10.3 Å². The van der Waals surface area contributed by atoms with Gasteiger partial charge in [0.1, 0.15) is 17.2 Å². The third-order valence-corrected chi connectivity index (χ3v) is 7.60. The van der Waals surface area contributed by atoms with Crippen molar-refractivity contribution < 1.29 is 4.79 Å². The van der Waals surface area contributed by atoms with Crippen LogP contribution in [-0.4, -0.2) is 51.6 Å². The fraction of sp³-hybridized carbons (Fsp3) is 0.276. The summed E-state index contributed by atoms with van der Waals surface area (Å²) in [6.07, 6.45) is 17.0. The van der Waals surface area contributed by atoms with Crippen molar-refractivity contribution in [2.75, 3.05) is 5.32 Å². The Morgan fingerprint density at radius 1 is 1.15 bits per heavy atom. The van der Waals surface area contributed by atoms with Crippen LogP contribution < -0.4 is 16.0 Å². The number of hydrogen-bond acceptors (Lipinski definition) is 7. The summed E-state index contributed by atoms with van der Waals surface area (Å²) in [6, 6.07) is 3.67. The van der Waals surface area contributed by atoms with E-state index < -0.39 is 0 Å². The van der Waals surface area contributed by atoms with Gasteiger partial charge in [-0.1, -0.05) is 18.9 Å². The molecule has 0 spiro atoms. The minimum absolute atomic E-state index is 0.0775. The summed E-state index contributed by atoms with van der Waals surface area (Å²) in [5.41, 5.74) is 5.70. The number of imidazole rings is 2. The number of anilines is 1. The summed E-state index contributed by atoms with van der Waals surface area (Å²) >= 11 is 0. The van der Waals surface area contributed by atoms with E-state index in [2.05, 4.69) is 35.5 Å². The van der Waals surface area contributed by atoms with Crippen LogP contribution in [0.5, 0.6) is 0 Å². The Morgan fingerprint density at radius 3 is 2.85 bits per heavy atom. The Morgan fingerprint density at radius 2 is 2.02 bits per heavy atom. The summed E-state index contributed by atoms with van der Waals surface area (Å²) in [5, 5.41) is 12.2. The van der Waals surface area contributed by atoms with Crippen LogP contribution in [0.1, 0.15) is 43.9 Å².